The van der Waals surface area contributed by atoms with E-state index in [9.17, 15) is 14.7 Å². The lowest BCUT2D eigenvalue weighted by atomic mass is 10.0. The van der Waals surface area contributed by atoms with Crippen LogP contribution in [0.1, 0.15) is 96.8 Å². The fourth-order valence-corrected chi connectivity index (χ4v) is 2.66. The zero-order valence-electron chi connectivity index (χ0n) is 15.1. The van der Waals surface area contributed by atoms with Gasteiger partial charge >= 0.3 is 5.97 Å². The molecule has 1 unspecified atom stereocenters. The summed E-state index contributed by atoms with van der Waals surface area (Å²) in [4.78, 5) is 22.5. The number of carbonyl (C=O) groups excluding carboxylic acids is 2. The normalized spacial score (nSPS) is 12.1. The summed E-state index contributed by atoms with van der Waals surface area (Å²) in [6.07, 6.45) is 12.3. The number of unbranched alkanes of at least 4 members (excludes halogenated alkanes) is 6. The number of rotatable bonds is 16. The minimum atomic E-state index is -0.270. The van der Waals surface area contributed by atoms with E-state index in [1.54, 1.807) is 0 Å². The number of ether oxygens (including phenoxy) is 1. The largest absolute Gasteiger partial charge is 0.469 e. The first-order valence-electron chi connectivity index (χ1n) is 9.36. The molecule has 0 rings (SSSR count). The van der Waals surface area contributed by atoms with Crippen molar-refractivity contribution in [1.29, 1.82) is 0 Å². The highest BCUT2D eigenvalue weighted by Crippen LogP contribution is 2.13. The lowest BCUT2D eigenvalue weighted by Gasteiger charge is -2.10. The van der Waals surface area contributed by atoms with Crippen molar-refractivity contribution in [1.82, 2.24) is 0 Å². The first-order chi connectivity index (χ1) is 11.1. The summed E-state index contributed by atoms with van der Waals surface area (Å²) >= 11 is 0. The van der Waals surface area contributed by atoms with Crippen LogP contribution in [0.3, 0.4) is 0 Å². The topological polar surface area (TPSA) is 63.6 Å². The van der Waals surface area contributed by atoms with Crippen LogP contribution in [0.5, 0.6) is 0 Å². The van der Waals surface area contributed by atoms with Crippen LogP contribution in [0, 0.1) is 0 Å². The first kappa shape index (κ1) is 22.1. The molecule has 0 radical (unpaired) electrons. The molecule has 0 fully saturated rings. The molecule has 0 aliphatic carbocycles. The molecule has 0 spiro atoms. The van der Waals surface area contributed by atoms with Gasteiger partial charge in [0.25, 0.3) is 0 Å². The number of carbonyl (C=O) groups is 2. The predicted octanol–water partition coefficient (Wildman–Crippen LogP) is 4.57. The van der Waals surface area contributed by atoms with Gasteiger partial charge in [-0.15, -0.1) is 0 Å². The fraction of sp³-hybridized carbons (Fsp3) is 0.895. The van der Waals surface area contributed by atoms with E-state index in [0.29, 0.717) is 25.0 Å². The Morgan fingerprint density at radius 3 is 2.09 bits per heavy atom. The third-order valence-electron chi connectivity index (χ3n) is 4.20. The number of aliphatic hydroxyl groups is 1. The van der Waals surface area contributed by atoms with Gasteiger partial charge in [-0.05, 0) is 32.1 Å². The molecule has 0 bridgehead atoms. The molecule has 0 saturated heterocycles. The Morgan fingerprint density at radius 2 is 1.39 bits per heavy atom. The molecule has 1 N–H and O–H groups in total. The summed E-state index contributed by atoms with van der Waals surface area (Å²) < 4.78 is 4.59. The van der Waals surface area contributed by atoms with Crippen molar-refractivity contribution in [3.63, 3.8) is 0 Å². The van der Waals surface area contributed by atoms with Crippen LogP contribution in [0.2, 0.25) is 0 Å². The first-order valence-corrected chi connectivity index (χ1v) is 9.36. The SMILES string of the molecule is CCCCCC(=O)CCCC(O)CCCCCCCC(=O)OC. The Kier molecular flexibility index (Phi) is 15.4. The van der Waals surface area contributed by atoms with Crippen molar-refractivity contribution in [2.45, 2.75) is 103 Å². The molecule has 23 heavy (non-hydrogen) atoms. The fourth-order valence-electron chi connectivity index (χ4n) is 2.66. The Bertz CT molecular complexity index is 302. The van der Waals surface area contributed by atoms with E-state index < -0.39 is 0 Å². The number of Topliss-reactive ketones (excluding diaryl/α,β-unsaturated/α-hetero) is 1. The van der Waals surface area contributed by atoms with Crippen molar-refractivity contribution in [2.75, 3.05) is 7.11 Å². The molecular weight excluding hydrogens is 292 g/mol. The van der Waals surface area contributed by atoms with Gasteiger partial charge in [-0.25, -0.2) is 0 Å². The third-order valence-corrected chi connectivity index (χ3v) is 4.20. The number of methoxy groups -OCH3 is 1. The maximum absolute atomic E-state index is 11.6. The average Bonchev–Trinajstić information content (AvgIpc) is 2.53. The molecule has 1 atom stereocenters. The summed E-state index contributed by atoms with van der Waals surface area (Å²) in [6.45, 7) is 2.14. The van der Waals surface area contributed by atoms with Gasteiger partial charge in [0, 0.05) is 19.3 Å². The molecule has 0 aromatic heterocycles. The van der Waals surface area contributed by atoms with Gasteiger partial charge in [0.2, 0.25) is 0 Å². The number of hydrogen-bond donors (Lipinski definition) is 1. The molecular formula is C19H36O4. The monoisotopic (exact) mass is 328 g/mol. The van der Waals surface area contributed by atoms with Crippen LogP contribution in [0.15, 0.2) is 0 Å². The maximum atomic E-state index is 11.6. The molecule has 0 aliphatic heterocycles. The van der Waals surface area contributed by atoms with E-state index in [1.807, 2.05) is 0 Å². The van der Waals surface area contributed by atoms with Gasteiger partial charge in [-0.2, -0.15) is 0 Å². The van der Waals surface area contributed by atoms with Crippen LogP contribution in [0.25, 0.3) is 0 Å². The van der Waals surface area contributed by atoms with Gasteiger partial charge < -0.3 is 9.84 Å². The van der Waals surface area contributed by atoms with E-state index in [-0.39, 0.29) is 12.1 Å². The van der Waals surface area contributed by atoms with Crippen molar-refractivity contribution >= 4 is 11.8 Å². The lowest BCUT2D eigenvalue weighted by molar-refractivity contribution is -0.140. The minimum Gasteiger partial charge on any atom is -0.469 e. The summed E-state index contributed by atoms with van der Waals surface area (Å²) in [5.41, 5.74) is 0. The highest BCUT2D eigenvalue weighted by molar-refractivity contribution is 5.78. The van der Waals surface area contributed by atoms with Gasteiger partial charge in [0.15, 0.2) is 0 Å². The average molecular weight is 328 g/mol. The van der Waals surface area contributed by atoms with E-state index in [1.165, 1.54) is 7.11 Å². The zero-order valence-corrected chi connectivity index (χ0v) is 15.1. The summed E-state index contributed by atoms with van der Waals surface area (Å²) in [5.74, 6) is 0.209. The van der Waals surface area contributed by atoms with Crippen molar-refractivity contribution in [3.8, 4) is 0 Å². The second-order valence-corrected chi connectivity index (χ2v) is 6.42. The van der Waals surface area contributed by atoms with E-state index in [0.717, 1.165) is 70.6 Å². The zero-order chi connectivity index (χ0) is 17.3. The molecule has 0 aromatic rings. The molecule has 4 heteroatoms. The molecule has 0 heterocycles. The van der Waals surface area contributed by atoms with Gasteiger partial charge in [-0.1, -0.05) is 45.4 Å². The smallest absolute Gasteiger partial charge is 0.305 e. The van der Waals surface area contributed by atoms with Gasteiger partial charge in [0.1, 0.15) is 5.78 Å². The Hall–Kier alpha value is -0.900. The van der Waals surface area contributed by atoms with E-state index in [2.05, 4.69) is 11.7 Å². The highest BCUT2D eigenvalue weighted by atomic mass is 16.5. The Labute approximate surface area is 142 Å². The number of aliphatic hydroxyl groups excluding tert-OH is 1. The van der Waals surface area contributed by atoms with Crippen molar-refractivity contribution < 1.29 is 19.4 Å². The third kappa shape index (κ3) is 15.8. The lowest BCUT2D eigenvalue weighted by Crippen LogP contribution is -2.07. The summed E-state index contributed by atoms with van der Waals surface area (Å²) in [7, 11) is 1.42. The standard InChI is InChI=1S/C19H36O4/c1-3-4-8-12-17(20)14-11-15-18(21)13-9-6-5-7-10-16-19(22)23-2/h18,21H,3-16H2,1-2H3. The molecule has 0 saturated carbocycles. The second-order valence-electron chi connectivity index (χ2n) is 6.42. The van der Waals surface area contributed by atoms with Gasteiger partial charge in [0.05, 0.1) is 13.2 Å². The molecule has 136 valence electrons. The second kappa shape index (κ2) is 16.0. The number of hydrogen-bond acceptors (Lipinski definition) is 4. The van der Waals surface area contributed by atoms with Gasteiger partial charge in [-0.3, -0.25) is 9.59 Å². The van der Waals surface area contributed by atoms with Crippen LogP contribution in [-0.4, -0.2) is 30.1 Å². The molecule has 4 nitrogen and oxygen atoms in total. The van der Waals surface area contributed by atoms with Crippen LogP contribution in [0.4, 0.5) is 0 Å². The van der Waals surface area contributed by atoms with Crippen molar-refractivity contribution in [2.24, 2.45) is 0 Å². The van der Waals surface area contributed by atoms with E-state index in [4.69, 9.17) is 0 Å². The van der Waals surface area contributed by atoms with Crippen molar-refractivity contribution in [3.05, 3.63) is 0 Å². The summed E-state index contributed by atoms with van der Waals surface area (Å²) in [5, 5.41) is 9.91. The van der Waals surface area contributed by atoms with Crippen LogP contribution in [-0.2, 0) is 14.3 Å². The highest BCUT2D eigenvalue weighted by Gasteiger charge is 2.07. The minimum absolute atomic E-state index is 0.135. The Morgan fingerprint density at radius 1 is 0.826 bits per heavy atom. The van der Waals surface area contributed by atoms with E-state index >= 15 is 0 Å². The van der Waals surface area contributed by atoms with Crippen LogP contribution >= 0.6 is 0 Å². The maximum Gasteiger partial charge on any atom is 0.305 e. The molecule has 0 aromatic carbocycles. The summed E-state index contributed by atoms with van der Waals surface area (Å²) in [6, 6.07) is 0. The number of esters is 1. The molecule has 0 amide bonds. The van der Waals surface area contributed by atoms with Crippen LogP contribution < -0.4 is 0 Å². The predicted molar refractivity (Wildman–Crippen MR) is 93.3 cm³/mol. The molecule has 0 aliphatic rings. The quantitative estimate of drug-likeness (QED) is 0.333. The number of ketones is 1. The Balaban J connectivity index is 3.35.